The molecule has 0 saturated heterocycles. The second-order valence-corrected chi connectivity index (χ2v) is 2.94. The lowest BCUT2D eigenvalue weighted by Gasteiger charge is -1.96. The number of hydrogen-bond acceptors (Lipinski definition) is 3. The molecular weight excluding hydrogens is 187 g/mol. The molecule has 5 heteroatoms. The Morgan fingerprint density at radius 3 is 2.50 bits per heavy atom. The van der Waals surface area contributed by atoms with Gasteiger partial charge < -0.3 is 5.21 Å². The summed E-state index contributed by atoms with van der Waals surface area (Å²) in [5, 5.41) is 13.9. The van der Waals surface area contributed by atoms with E-state index < -0.39 is 5.95 Å². The first kappa shape index (κ1) is 8.68. The summed E-state index contributed by atoms with van der Waals surface area (Å²) in [5.41, 5.74) is 1.29. The van der Waals surface area contributed by atoms with Gasteiger partial charge in [0.15, 0.2) is 0 Å². The monoisotopic (exact) mass is 194 g/mol. The second-order valence-electron chi connectivity index (χ2n) is 2.94. The standard InChI is InChI=1S/C9H7FN2O2/c1-6-2-4-7(5-3-6)8-9(10)11-14-12(8)13/h2-5H,1H3. The van der Waals surface area contributed by atoms with Gasteiger partial charge in [-0.3, -0.25) is 4.63 Å². The van der Waals surface area contributed by atoms with E-state index in [-0.39, 0.29) is 10.6 Å². The minimum Gasteiger partial charge on any atom is -0.359 e. The Balaban J connectivity index is 2.54. The highest BCUT2D eigenvalue weighted by atomic mass is 19.1. The van der Waals surface area contributed by atoms with Crippen LogP contribution in [0, 0.1) is 18.1 Å². The van der Waals surface area contributed by atoms with Crippen LogP contribution < -0.4 is 4.90 Å². The molecule has 1 aromatic heterocycles. The van der Waals surface area contributed by atoms with Crippen molar-refractivity contribution in [2.24, 2.45) is 0 Å². The van der Waals surface area contributed by atoms with Gasteiger partial charge in [0.1, 0.15) is 0 Å². The zero-order valence-corrected chi connectivity index (χ0v) is 7.40. The molecule has 72 valence electrons. The van der Waals surface area contributed by atoms with Crippen LogP contribution in [0.15, 0.2) is 28.9 Å². The molecule has 4 nitrogen and oxygen atoms in total. The second kappa shape index (κ2) is 3.10. The highest BCUT2D eigenvalue weighted by Gasteiger charge is 2.20. The van der Waals surface area contributed by atoms with Crippen molar-refractivity contribution in [2.75, 3.05) is 0 Å². The van der Waals surface area contributed by atoms with Gasteiger partial charge in [0, 0.05) is 5.56 Å². The van der Waals surface area contributed by atoms with Crippen molar-refractivity contribution in [3.63, 3.8) is 0 Å². The number of nitrogens with zero attached hydrogens (tertiary/aromatic N) is 2. The smallest absolute Gasteiger partial charge is 0.359 e. The van der Waals surface area contributed by atoms with Crippen molar-refractivity contribution in [2.45, 2.75) is 6.92 Å². The topological polar surface area (TPSA) is 53.0 Å². The van der Waals surface area contributed by atoms with Gasteiger partial charge in [-0.2, -0.15) is 0 Å². The summed E-state index contributed by atoms with van der Waals surface area (Å²) >= 11 is 0. The number of benzene rings is 1. The first-order valence-corrected chi connectivity index (χ1v) is 4.01. The highest BCUT2D eigenvalue weighted by molar-refractivity contribution is 5.55. The molecule has 0 saturated carbocycles. The van der Waals surface area contributed by atoms with Gasteiger partial charge in [0.25, 0.3) is 5.69 Å². The van der Waals surface area contributed by atoms with E-state index in [2.05, 4.69) is 9.79 Å². The first-order valence-electron chi connectivity index (χ1n) is 4.01. The van der Waals surface area contributed by atoms with E-state index in [9.17, 15) is 9.60 Å². The third-order valence-electron chi connectivity index (χ3n) is 1.90. The number of aromatic nitrogens is 2. The Bertz CT molecular complexity index is 431. The molecule has 0 N–H and O–H groups in total. The SMILES string of the molecule is Cc1ccc(-c2c(F)no[n+]2[O-])cc1. The average Bonchev–Trinajstić information content (AvgIpc) is 2.49. The lowest BCUT2D eigenvalue weighted by atomic mass is 10.1. The first-order chi connectivity index (χ1) is 6.68. The van der Waals surface area contributed by atoms with Crippen LogP contribution in [0.4, 0.5) is 4.39 Å². The van der Waals surface area contributed by atoms with Gasteiger partial charge in [-0.15, -0.1) is 4.39 Å². The maximum absolute atomic E-state index is 13.0. The molecule has 2 rings (SSSR count). The van der Waals surface area contributed by atoms with E-state index in [1.807, 2.05) is 6.92 Å². The van der Waals surface area contributed by atoms with Crippen LogP contribution >= 0.6 is 0 Å². The van der Waals surface area contributed by atoms with Crippen LogP contribution in [0.3, 0.4) is 0 Å². The molecule has 0 aliphatic heterocycles. The molecule has 1 heterocycles. The summed E-state index contributed by atoms with van der Waals surface area (Å²) in [7, 11) is 0. The number of halogens is 1. The molecule has 0 fully saturated rings. The van der Waals surface area contributed by atoms with Gasteiger partial charge >= 0.3 is 5.95 Å². The fourth-order valence-electron chi connectivity index (χ4n) is 1.17. The predicted octanol–water partition coefficient (Wildman–Crippen LogP) is 1.42. The van der Waals surface area contributed by atoms with Crippen molar-refractivity contribution in [3.05, 3.63) is 41.0 Å². The fourth-order valence-corrected chi connectivity index (χ4v) is 1.17. The van der Waals surface area contributed by atoms with Crippen LogP contribution in [-0.2, 0) is 0 Å². The van der Waals surface area contributed by atoms with Crippen LogP contribution in [0.2, 0.25) is 0 Å². The summed E-state index contributed by atoms with van der Waals surface area (Å²) in [5.74, 6) is -0.899. The minimum absolute atomic E-state index is 0.0556. The summed E-state index contributed by atoms with van der Waals surface area (Å²) in [4.78, 5) is 0.0556. The Morgan fingerprint density at radius 1 is 1.36 bits per heavy atom. The summed E-state index contributed by atoms with van der Waals surface area (Å²) in [6.07, 6.45) is 0. The zero-order valence-electron chi connectivity index (χ0n) is 7.40. The molecule has 0 aliphatic rings. The van der Waals surface area contributed by atoms with E-state index in [0.29, 0.717) is 5.56 Å². The Hall–Kier alpha value is -1.91. The van der Waals surface area contributed by atoms with E-state index in [0.717, 1.165) is 5.56 Å². The average molecular weight is 194 g/mol. The van der Waals surface area contributed by atoms with Crippen molar-refractivity contribution < 1.29 is 13.9 Å². The zero-order chi connectivity index (χ0) is 10.1. The molecule has 0 atom stereocenters. The van der Waals surface area contributed by atoms with E-state index in [1.165, 1.54) is 0 Å². The predicted molar refractivity (Wildman–Crippen MR) is 45.6 cm³/mol. The van der Waals surface area contributed by atoms with Crippen molar-refractivity contribution in [3.8, 4) is 11.3 Å². The molecular formula is C9H7FN2O2. The number of rotatable bonds is 1. The minimum atomic E-state index is -0.899. The third kappa shape index (κ3) is 1.32. The molecule has 0 spiro atoms. The van der Waals surface area contributed by atoms with Gasteiger partial charge in [-0.25, -0.2) is 0 Å². The Labute approximate surface area is 79.1 Å². The summed E-state index contributed by atoms with van der Waals surface area (Å²) < 4.78 is 17.1. The van der Waals surface area contributed by atoms with Crippen molar-refractivity contribution in [1.29, 1.82) is 0 Å². The molecule has 0 amide bonds. The summed E-state index contributed by atoms with van der Waals surface area (Å²) in [6.45, 7) is 1.90. The van der Waals surface area contributed by atoms with Gasteiger partial charge in [-0.1, -0.05) is 29.8 Å². The Morgan fingerprint density at radius 2 is 2.00 bits per heavy atom. The lowest BCUT2D eigenvalue weighted by molar-refractivity contribution is -0.793. The van der Waals surface area contributed by atoms with Gasteiger partial charge in [-0.05, 0) is 11.8 Å². The van der Waals surface area contributed by atoms with E-state index in [4.69, 9.17) is 0 Å². The molecule has 1 aromatic carbocycles. The largest absolute Gasteiger partial charge is 0.394 e. The number of aryl methyl sites for hydroxylation is 1. The van der Waals surface area contributed by atoms with Crippen LogP contribution in [-0.4, -0.2) is 5.16 Å². The summed E-state index contributed by atoms with van der Waals surface area (Å²) in [6, 6.07) is 6.84. The van der Waals surface area contributed by atoms with Crippen LogP contribution in [0.25, 0.3) is 11.3 Å². The Kier molecular flexibility index (Phi) is 1.92. The van der Waals surface area contributed by atoms with E-state index >= 15 is 0 Å². The highest BCUT2D eigenvalue weighted by Crippen LogP contribution is 2.17. The quantitative estimate of drug-likeness (QED) is 0.645. The molecule has 0 aliphatic carbocycles. The molecule has 2 aromatic rings. The molecule has 0 radical (unpaired) electrons. The van der Waals surface area contributed by atoms with Gasteiger partial charge in [0.05, 0.1) is 5.16 Å². The lowest BCUT2D eigenvalue weighted by Crippen LogP contribution is -2.25. The van der Waals surface area contributed by atoms with Crippen molar-refractivity contribution >= 4 is 0 Å². The van der Waals surface area contributed by atoms with E-state index in [1.54, 1.807) is 24.3 Å². The normalized spacial score (nSPS) is 10.4. The maximum Gasteiger partial charge on any atom is 0.394 e. The molecule has 14 heavy (non-hydrogen) atoms. The third-order valence-corrected chi connectivity index (χ3v) is 1.90. The fraction of sp³-hybridized carbons (Fsp3) is 0.111. The van der Waals surface area contributed by atoms with Crippen molar-refractivity contribution in [1.82, 2.24) is 5.16 Å². The molecule has 0 unspecified atom stereocenters. The molecule has 0 bridgehead atoms. The van der Waals surface area contributed by atoms with Crippen LogP contribution in [0.1, 0.15) is 5.56 Å². The van der Waals surface area contributed by atoms with Gasteiger partial charge in [0.2, 0.25) is 0 Å². The number of hydrogen-bond donors (Lipinski definition) is 0. The van der Waals surface area contributed by atoms with Crippen LogP contribution in [0.5, 0.6) is 0 Å². The maximum atomic E-state index is 13.0.